The summed E-state index contributed by atoms with van der Waals surface area (Å²) in [6, 6.07) is 7.14. The monoisotopic (exact) mass is 314 g/mol. The molecule has 0 saturated heterocycles. The van der Waals surface area contributed by atoms with Crippen molar-refractivity contribution in [3.63, 3.8) is 0 Å². The van der Waals surface area contributed by atoms with Gasteiger partial charge in [0.05, 0.1) is 6.10 Å². The Kier molecular flexibility index (Phi) is 5.11. The van der Waals surface area contributed by atoms with E-state index in [1.807, 2.05) is 13.8 Å². The minimum absolute atomic E-state index is 0.0813. The van der Waals surface area contributed by atoms with Gasteiger partial charge in [-0.3, -0.25) is 14.4 Å². The maximum absolute atomic E-state index is 12.0. The van der Waals surface area contributed by atoms with Gasteiger partial charge >= 0.3 is 5.97 Å². The number of hydrogen-bond acceptors (Lipinski definition) is 5. The van der Waals surface area contributed by atoms with E-state index in [1.165, 1.54) is 13.0 Å². The van der Waals surface area contributed by atoms with Crippen LogP contribution in [0, 0.1) is 5.92 Å². The highest BCUT2D eigenvalue weighted by Crippen LogP contribution is 2.18. The molecule has 120 valence electrons. The molecule has 0 radical (unpaired) electrons. The number of benzene rings is 1. The normalized spacial score (nSPS) is 18.1. The predicted molar refractivity (Wildman–Crippen MR) is 84.6 cm³/mol. The van der Waals surface area contributed by atoms with Gasteiger partial charge in [-0.2, -0.15) is 0 Å². The van der Waals surface area contributed by atoms with Gasteiger partial charge < -0.3 is 9.47 Å². The number of esters is 1. The van der Waals surface area contributed by atoms with Crippen LogP contribution in [0.25, 0.3) is 6.08 Å². The van der Waals surface area contributed by atoms with Crippen molar-refractivity contribution in [3.05, 3.63) is 47.7 Å². The van der Waals surface area contributed by atoms with E-state index in [9.17, 15) is 14.4 Å². The van der Waals surface area contributed by atoms with Crippen molar-refractivity contribution in [3.8, 4) is 5.75 Å². The third-order valence-corrected chi connectivity index (χ3v) is 3.10. The first-order valence-electron chi connectivity index (χ1n) is 7.29. The zero-order chi connectivity index (χ0) is 17.0. The lowest BCUT2D eigenvalue weighted by Gasteiger charge is -2.15. The van der Waals surface area contributed by atoms with E-state index in [4.69, 9.17) is 9.47 Å². The summed E-state index contributed by atoms with van der Waals surface area (Å²) in [7, 11) is 0. The summed E-state index contributed by atoms with van der Waals surface area (Å²) < 4.78 is 10.3. The molecule has 5 heteroatoms. The highest BCUT2D eigenvalue weighted by atomic mass is 16.5. The lowest BCUT2D eigenvalue weighted by Crippen LogP contribution is -2.34. The van der Waals surface area contributed by atoms with Crippen LogP contribution in [0.3, 0.4) is 0 Å². The Hall–Kier alpha value is -2.69. The average Bonchev–Trinajstić information content (AvgIpc) is 2.45. The van der Waals surface area contributed by atoms with Gasteiger partial charge in [0.25, 0.3) is 0 Å². The van der Waals surface area contributed by atoms with Crippen LogP contribution in [0.5, 0.6) is 5.75 Å². The SMILES string of the molecule is CC1=CC(=O)[C@H](C(=O)/C=C/c2ccc(OC(C)C)cc2)C(=O)O1. The fraction of sp³-hybridized carbons (Fsp3) is 0.278. The second kappa shape index (κ2) is 7.05. The van der Waals surface area contributed by atoms with Crippen LogP contribution >= 0.6 is 0 Å². The second-order valence-corrected chi connectivity index (χ2v) is 5.48. The van der Waals surface area contributed by atoms with Crippen molar-refractivity contribution in [2.24, 2.45) is 5.92 Å². The Morgan fingerprint density at radius 1 is 1.22 bits per heavy atom. The lowest BCUT2D eigenvalue weighted by atomic mass is 9.96. The Morgan fingerprint density at radius 3 is 2.43 bits per heavy atom. The van der Waals surface area contributed by atoms with Crippen LogP contribution in [-0.4, -0.2) is 23.6 Å². The molecule has 0 unspecified atom stereocenters. The molecule has 2 rings (SSSR count). The third-order valence-electron chi connectivity index (χ3n) is 3.10. The first-order valence-corrected chi connectivity index (χ1v) is 7.29. The maximum Gasteiger partial charge on any atom is 0.329 e. The largest absolute Gasteiger partial charge is 0.491 e. The van der Waals surface area contributed by atoms with Crippen LogP contribution in [0.4, 0.5) is 0 Å². The van der Waals surface area contributed by atoms with E-state index in [2.05, 4.69) is 0 Å². The Labute approximate surface area is 134 Å². The van der Waals surface area contributed by atoms with Gasteiger partial charge in [-0.15, -0.1) is 0 Å². The molecule has 0 N–H and O–H groups in total. The second-order valence-electron chi connectivity index (χ2n) is 5.48. The van der Waals surface area contributed by atoms with Crippen molar-refractivity contribution in [1.82, 2.24) is 0 Å². The number of hydrogen-bond donors (Lipinski definition) is 0. The van der Waals surface area contributed by atoms with Gasteiger partial charge in [-0.25, -0.2) is 0 Å². The number of cyclic esters (lactones) is 1. The summed E-state index contributed by atoms with van der Waals surface area (Å²) in [4.78, 5) is 35.5. The van der Waals surface area contributed by atoms with Gasteiger partial charge in [0.15, 0.2) is 17.5 Å². The molecule has 1 atom stereocenters. The molecule has 0 aliphatic carbocycles. The number of ketones is 2. The molecule has 5 nitrogen and oxygen atoms in total. The van der Waals surface area contributed by atoms with Gasteiger partial charge in [0, 0.05) is 6.08 Å². The van der Waals surface area contributed by atoms with Crippen LogP contribution in [0.15, 0.2) is 42.2 Å². The molecule has 0 spiro atoms. The molecule has 0 fully saturated rings. The zero-order valence-corrected chi connectivity index (χ0v) is 13.2. The van der Waals surface area contributed by atoms with E-state index in [-0.39, 0.29) is 11.9 Å². The smallest absolute Gasteiger partial charge is 0.329 e. The topological polar surface area (TPSA) is 69.7 Å². The van der Waals surface area contributed by atoms with Gasteiger partial charge in [0.2, 0.25) is 0 Å². The molecule has 1 aromatic carbocycles. The Bertz CT molecular complexity index is 680. The Morgan fingerprint density at radius 2 is 1.87 bits per heavy atom. The summed E-state index contributed by atoms with van der Waals surface area (Å²) in [5.74, 6) is -2.44. The summed E-state index contributed by atoms with van der Waals surface area (Å²) in [6.45, 7) is 5.36. The van der Waals surface area contributed by atoms with Crippen molar-refractivity contribution in [2.75, 3.05) is 0 Å². The minimum atomic E-state index is -1.40. The quantitative estimate of drug-likeness (QED) is 0.475. The fourth-order valence-corrected chi connectivity index (χ4v) is 2.11. The fourth-order valence-electron chi connectivity index (χ4n) is 2.11. The predicted octanol–water partition coefficient (Wildman–Crippen LogP) is 2.70. The molecule has 1 heterocycles. The number of allylic oxidation sites excluding steroid dienone is 3. The highest BCUT2D eigenvalue weighted by Gasteiger charge is 2.36. The lowest BCUT2D eigenvalue weighted by molar-refractivity contribution is -0.151. The molecule has 0 amide bonds. The molecule has 1 aliphatic heterocycles. The molecule has 0 aromatic heterocycles. The number of ether oxygens (including phenoxy) is 2. The highest BCUT2D eigenvalue weighted by molar-refractivity contribution is 6.25. The summed E-state index contributed by atoms with van der Waals surface area (Å²) in [5.41, 5.74) is 0.762. The zero-order valence-electron chi connectivity index (χ0n) is 13.2. The molecule has 1 aromatic rings. The first kappa shape index (κ1) is 16.7. The maximum atomic E-state index is 12.0. The van der Waals surface area contributed by atoms with Gasteiger partial charge in [-0.1, -0.05) is 18.2 Å². The van der Waals surface area contributed by atoms with Gasteiger partial charge in [0.1, 0.15) is 11.5 Å². The standard InChI is InChI=1S/C18H18O5/c1-11(2)22-14-7-4-13(5-8-14)6-9-15(19)17-16(20)10-12(3)23-18(17)21/h4-11,17H,1-3H3/b9-6+/t17-/m0/s1. The van der Waals surface area contributed by atoms with Crippen LogP contribution in [0.2, 0.25) is 0 Å². The summed E-state index contributed by atoms with van der Waals surface area (Å²) in [6.07, 6.45) is 4.01. The number of rotatable bonds is 5. The number of carbonyl (C=O) groups is 3. The van der Waals surface area contributed by atoms with E-state index in [0.29, 0.717) is 0 Å². The van der Waals surface area contributed by atoms with Crippen LogP contribution in [0.1, 0.15) is 26.3 Å². The third kappa shape index (κ3) is 4.39. The van der Waals surface area contributed by atoms with E-state index >= 15 is 0 Å². The number of carbonyl (C=O) groups excluding carboxylic acids is 3. The summed E-state index contributed by atoms with van der Waals surface area (Å²) in [5, 5.41) is 0. The van der Waals surface area contributed by atoms with E-state index in [1.54, 1.807) is 30.3 Å². The minimum Gasteiger partial charge on any atom is -0.491 e. The van der Waals surface area contributed by atoms with Crippen LogP contribution < -0.4 is 4.74 Å². The molecular formula is C18H18O5. The molecule has 23 heavy (non-hydrogen) atoms. The van der Waals surface area contributed by atoms with Crippen molar-refractivity contribution >= 4 is 23.6 Å². The van der Waals surface area contributed by atoms with E-state index < -0.39 is 23.5 Å². The first-order chi connectivity index (χ1) is 10.9. The van der Waals surface area contributed by atoms with E-state index in [0.717, 1.165) is 17.4 Å². The molecule has 1 aliphatic rings. The van der Waals surface area contributed by atoms with Crippen molar-refractivity contribution in [2.45, 2.75) is 26.9 Å². The van der Waals surface area contributed by atoms with Crippen molar-refractivity contribution in [1.29, 1.82) is 0 Å². The Balaban J connectivity index is 2.06. The summed E-state index contributed by atoms with van der Waals surface area (Å²) >= 11 is 0. The average molecular weight is 314 g/mol. The van der Waals surface area contributed by atoms with Gasteiger partial charge in [-0.05, 0) is 44.5 Å². The van der Waals surface area contributed by atoms with Crippen LogP contribution in [-0.2, 0) is 19.1 Å². The molecule has 0 bridgehead atoms. The molecular weight excluding hydrogens is 296 g/mol. The molecule has 0 saturated carbocycles. The van der Waals surface area contributed by atoms with Crippen molar-refractivity contribution < 1.29 is 23.9 Å².